The van der Waals surface area contributed by atoms with E-state index in [9.17, 15) is 0 Å². The second-order valence-electron chi connectivity index (χ2n) is 11.6. The first kappa shape index (κ1) is 31.7. The Morgan fingerprint density at radius 1 is 0.568 bits per heavy atom. The van der Waals surface area contributed by atoms with Gasteiger partial charge in [-0.25, -0.2) is 0 Å². The minimum Gasteiger partial charge on any atom is -0.0654 e. The van der Waals surface area contributed by atoms with Gasteiger partial charge >= 0.3 is 0 Å². The van der Waals surface area contributed by atoms with Crippen LogP contribution in [0.4, 0.5) is 0 Å². The second kappa shape index (κ2) is 18.7. The van der Waals surface area contributed by atoms with Gasteiger partial charge in [0.2, 0.25) is 0 Å². The summed E-state index contributed by atoms with van der Waals surface area (Å²) < 4.78 is 0. The van der Waals surface area contributed by atoms with Crippen LogP contribution in [0.2, 0.25) is 0 Å². The Balaban J connectivity index is 2.17. The van der Waals surface area contributed by atoms with Crippen LogP contribution in [-0.4, -0.2) is 0 Å². The summed E-state index contributed by atoms with van der Waals surface area (Å²) in [6.45, 7) is 14.0. The summed E-state index contributed by atoms with van der Waals surface area (Å²) >= 11 is 0. The molecule has 0 N–H and O–H groups in total. The van der Waals surface area contributed by atoms with Crippen molar-refractivity contribution in [1.29, 1.82) is 0 Å². The molecule has 1 radical (unpaired) electrons. The predicted octanol–water partition coefficient (Wildman–Crippen LogP) is 11.4. The van der Waals surface area contributed by atoms with E-state index in [2.05, 4.69) is 84.4 Å². The Morgan fingerprint density at radius 3 is 1.73 bits per heavy atom. The molecule has 37 heavy (non-hydrogen) atoms. The minimum absolute atomic E-state index is 0.505. The smallest absolute Gasteiger partial charge is 0.0156 e. The van der Waals surface area contributed by atoms with E-state index in [1.807, 2.05) is 0 Å². The molecule has 0 aliphatic carbocycles. The lowest BCUT2D eigenvalue weighted by Crippen LogP contribution is -2.11. The van der Waals surface area contributed by atoms with Crippen LogP contribution in [0.15, 0.2) is 36.4 Å². The van der Waals surface area contributed by atoms with Crippen molar-refractivity contribution < 1.29 is 0 Å². The van der Waals surface area contributed by atoms with Crippen LogP contribution in [0.25, 0.3) is 0 Å². The molecule has 0 aliphatic rings. The summed E-state index contributed by atoms with van der Waals surface area (Å²) in [5, 5.41) is 0. The SMILES string of the molecule is CCCCCCCCC([CH]C(C)c1ccc(CCC)c(CCC)c1)Cc1ccc(CCC)c(CCC)c1. The summed E-state index contributed by atoms with van der Waals surface area (Å²) in [5.74, 6) is 1.16. The van der Waals surface area contributed by atoms with Crippen molar-refractivity contribution in [1.82, 2.24) is 0 Å². The van der Waals surface area contributed by atoms with E-state index in [1.165, 1.54) is 108 Å². The van der Waals surface area contributed by atoms with Crippen LogP contribution < -0.4 is 0 Å². The highest BCUT2D eigenvalue weighted by Gasteiger charge is 2.18. The largest absolute Gasteiger partial charge is 0.0654 e. The lowest BCUT2D eigenvalue weighted by Gasteiger charge is -2.23. The van der Waals surface area contributed by atoms with Gasteiger partial charge in [0.05, 0.1) is 0 Å². The Labute approximate surface area is 232 Å². The molecule has 0 aromatic heterocycles. The maximum absolute atomic E-state index is 2.70. The van der Waals surface area contributed by atoms with Crippen molar-refractivity contribution >= 4 is 0 Å². The van der Waals surface area contributed by atoms with Gasteiger partial charge in [0.15, 0.2) is 0 Å². The lowest BCUT2D eigenvalue weighted by molar-refractivity contribution is 0.475. The van der Waals surface area contributed by atoms with Gasteiger partial charge in [0.25, 0.3) is 0 Å². The summed E-state index contributed by atoms with van der Waals surface area (Å²) in [7, 11) is 0. The van der Waals surface area contributed by atoms with E-state index in [0.29, 0.717) is 11.8 Å². The van der Waals surface area contributed by atoms with Crippen molar-refractivity contribution in [2.75, 3.05) is 0 Å². The molecule has 2 atom stereocenters. The summed E-state index contributed by atoms with van der Waals surface area (Å²) in [4.78, 5) is 0. The van der Waals surface area contributed by atoms with Gasteiger partial charge in [-0.2, -0.15) is 0 Å². The first-order chi connectivity index (χ1) is 18.1. The van der Waals surface area contributed by atoms with Crippen LogP contribution in [0.5, 0.6) is 0 Å². The maximum Gasteiger partial charge on any atom is -0.0156 e. The van der Waals surface area contributed by atoms with E-state index in [0.717, 1.165) is 0 Å². The monoisotopic (exact) mass is 503 g/mol. The zero-order valence-electron chi connectivity index (χ0n) is 25.5. The molecule has 0 heterocycles. The van der Waals surface area contributed by atoms with E-state index in [-0.39, 0.29) is 0 Å². The van der Waals surface area contributed by atoms with Gasteiger partial charge in [-0.1, -0.05) is 142 Å². The van der Waals surface area contributed by atoms with Gasteiger partial charge in [-0.15, -0.1) is 0 Å². The highest BCUT2D eigenvalue weighted by molar-refractivity contribution is 5.36. The zero-order valence-corrected chi connectivity index (χ0v) is 25.5. The quantitative estimate of drug-likeness (QED) is 0.158. The lowest BCUT2D eigenvalue weighted by atomic mass is 9.82. The fourth-order valence-corrected chi connectivity index (χ4v) is 6.04. The highest BCUT2D eigenvalue weighted by Crippen LogP contribution is 2.31. The van der Waals surface area contributed by atoms with E-state index in [4.69, 9.17) is 0 Å². The van der Waals surface area contributed by atoms with Crippen molar-refractivity contribution in [3.05, 3.63) is 76.2 Å². The van der Waals surface area contributed by atoms with Gasteiger partial charge in [0.1, 0.15) is 0 Å². The number of hydrogen-bond acceptors (Lipinski definition) is 0. The van der Waals surface area contributed by atoms with E-state index >= 15 is 0 Å². The number of aryl methyl sites for hydroxylation is 4. The molecule has 0 aliphatic heterocycles. The van der Waals surface area contributed by atoms with Crippen LogP contribution >= 0.6 is 0 Å². The van der Waals surface area contributed by atoms with Gasteiger partial charge in [-0.3, -0.25) is 0 Å². The van der Waals surface area contributed by atoms with Crippen molar-refractivity contribution in [2.45, 2.75) is 150 Å². The fourth-order valence-electron chi connectivity index (χ4n) is 6.04. The number of unbranched alkanes of at least 4 members (excludes halogenated alkanes) is 5. The minimum atomic E-state index is 0.505. The summed E-state index contributed by atoms with van der Waals surface area (Å²) in [6.07, 6.45) is 23.3. The third-order valence-corrected chi connectivity index (χ3v) is 8.09. The molecule has 0 fully saturated rings. The fraction of sp³-hybridized carbons (Fsp3) is 0.649. The molecule has 0 heteroatoms. The average molecular weight is 504 g/mol. The molecule has 0 amide bonds. The first-order valence-electron chi connectivity index (χ1n) is 16.1. The zero-order chi connectivity index (χ0) is 26.9. The molecule has 207 valence electrons. The molecule has 2 unspecified atom stereocenters. The molecule has 0 nitrogen and oxygen atoms in total. The molecule has 2 aromatic rings. The Morgan fingerprint density at radius 2 is 1.11 bits per heavy atom. The van der Waals surface area contributed by atoms with Crippen molar-refractivity contribution in [3.8, 4) is 0 Å². The van der Waals surface area contributed by atoms with Gasteiger partial charge in [-0.05, 0) is 90.2 Å². The average Bonchev–Trinajstić information content (AvgIpc) is 2.89. The van der Waals surface area contributed by atoms with Crippen LogP contribution in [-0.2, 0) is 32.1 Å². The molecule has 2 rings (SSSR count). The van der Waals surface area contributed by atoms with E-state index in [1.54, 1.807) is 27.8 Å². The number of rotatable bonds is 20. The highest BCUT2D eigenvalue weighted by atomic mass is 14.2. The predicted molar refractivity (Wildman–Crippen MR) is 167 cm³/mol. The van der Waals surface area contributed by atoms with Crippen molar-refractivity contribution in [2.24, 2.45) is 5.92 Å². The Hall–Kier alpha value is -1.56. The third-order valence-electron chi connectivity index (χ3n) is 8.09. The topological polar surface area (TPSA) is 0 Å². The molecule has 0 bridgehead atoms. The summed E-state index contributed by atoms with van der Waals surface area (Å²) in [6, 6.07) is 14.8. The number of hydrogen-bond donors (Lipinski definition) is 0. The van der Waals surface area contributed by atoms with Crippen LogP contribution in [0.1, 0.15) is 151 Å². The molecular formula is C37H59. The maximum atomic E-state index is 2.70. The van der Waals surface area contributed by atoms with Crippen LogP contribution in [0, 0.1) is 12.3 Å². The molecule has 0 spiro atoms. The Kier molecular flexibility index (Phi) is 16.0. The molecule has 0 saturated heterocycles. The third kappa shape index (κ3) is 11.4. The summed E-state index contributed by atoms with van der Waals surface area (Å²) in [5.41, 5.74) is 9.40. The van der Waals surface area contributed by atoms with Gasteiger partial charge < -0.3 is 0 Å². The normalized spacial score (nSPS) is 13.1. The molecular weight excluding hydrogens is 444 g/mol. The van der Waals surface area contributed by atoms with E-state index < -0.39 is 0 Å². The number of benzene rings is 2. The van der Waals surface area contributed by atoms with Gasteiger partial charge in [0, 0.05) is 0 Å². The molecule has 2 aromatic carbocycles. The molecule has 0 saturated carbocycles. The second-order valence-corrected chi connectivity index (χ2v) is 11.6. The van der Waals surface area contributed by atoms with Crippen molar-refractivity contribution in [3.63, 3.8) is 0 Å². The first-order valence-corrected chi connectivity index (χ1v) is 16.1. The standard InChI is InChI=1S/C37H59/c1-7-12-13-14-15-16-21-31(27-32-22-23-33(17-8-2)36(28-32)19-10-4)26-30(6)35-25-24-34(18-9-3)37(29-35)20-11-5/h22-26,28-31H,7-21,27H2,1-6H3. The Bertz CT molecular complexity index is 860. The van der Waals surface area contributed by atoms with Crippen LogP contribution in [0.3, 0.4) is 0 Å².